The first-order valence-electron chi connectivity index (χ1n) is 7.53. The quantitative estimate of drug-likeness (QED) is 0.845. The van der Waals surface area contributed by atoms with Gasteiger partial charge in [0.2, 0.25) is 0 Å². The number of hydrogen-bond acceptors (Lipinski definition) is 3. The molecule has 106 valence electrons. The molecule has 3 heteroatoms. The molecule has 0 bridgehead atoms. The molecule has 20 heavy (non-hydrogen) atoms. The van der Waals surface area contributed by atoms with Gasteiger partial charge in [0.1, 0.15) is 0 Å². The lowest BCUT2D eigenvalue weighted by molar-refractivity contribution is 0.525. The van der Waals surface area contributed by atoms with Gasteiger partial charge in [0, 0.05) is 22.7 Å². The number of thiazole rings is 1. The zero-order valence-electron chi connectivity index (χ0n) is 12.2. The van der Waals surface area contributed by atoms with Crippen LogP contribution in [-0.4, -0.2) is 11.0 Å². The van der Waals surface area contributed by atoms with E-state index in [9.17, 15) is 0 Å². The lowest BCUT2D eigenvalue weighted by Crippen LogP contribution is -2.15. The number of rotatable bonds is 4. The molecule has 1 N–H and O–H groups in total. The molecule has 1 heterocycles. The van der Waals surface area contributed by atoms with Gasteiger partial charge in [-0.05, 0) is 44.2 Å². The van der Waals surface area contributed by atoms with Crippen molar-refractivity contribution in [1.82, 2.24) is 4.98 Å². The minimum absolute atomic E-state index is 0.646. The van der Waals surface area contributed by atoms with Crippen molar-refractivity contribution in [3.63, 3.8) is 0 Å². The summed E-state index contributed by atoms with van der Waals surface area (Å²) in [5, 5.41) is 6.96. The molecule has 0 amide bonds. The van der Waals surface area contributed by atoms with Crippen molar-refractivity contribution in [2.45, 2.75) is 45.6 Å². The summed E-state index contributed by atoms with van der Waals surface area (Å²) in [5.41, 5.74) is 3.54. The Morgan fingerprint density at radius 3 is 2.95 bits per heavy atom. The minimum atomic E-state index is 0.646. The average Bonchev–Trinajstić information content (AvgIpc) is 3.08. The highest BCUT2D eigenvalue weighted by atomic mass is 32.1. The molecule has 0 radical (unpaired) electrons. The van der Waals surface area contributed by atoms with Gasteiger partial charge >= 0.3 is 0 Å². The van der Waals surface area contributed by atoms with Crippen LogP contribution >= 0.6 is 11.3 Å². The predicted molar refractivity (Wildman–Crippen MR) is 87.3 cm³/mol. The van der Waals surface area contributed by atoms with Gasteiger partial charge in [-0.15, -0.1) is 11.3 Å². The van der Waals surface area contributed by atoms with E-state index >= 15 is 0 Å². The molecule has 2 nitrogen and oxygen atoms in total. The topological polar surface area (TPSA) is 24.9 Å². The molecule has 1 aliphatic carbocycles. The maximum Gasteiger partial charge on any atom is 0.0901 e. The highest BCUT2D eigenvalue weighted by molar-refractivity contribution is 7.09. The minimum Gasteiger partial charge on any atom is -0.382 e. The average molecular weight is 286 g/mol. The summed E-state index contributed by atoms with van der Waals surface area (Å²) >= 11 is 1.71. The van der Waals surface area contributed by atoms with Crippen LogP contribution in [-0.2, 0) is 0 Å². The summed E-state index contributed by atoms with van der Waals surface area (Å²) in [4.78, 5) is 4.57. The van der Waals surface area contributed by atoms with Crippen molar-refractivity contribution >= 4 is 17.0 Å². The van der Waals surface area contributed by atoms with E-state index in [2.05, 4.69) is 53.8 Å². The third-order valence-electron chi connectivity index (χ3n) is 4.27. The maximum atomic E-state index is 4.57. The predicted octanol–water partition coefficient (Wildman–Crippen LogP) is 5.11. The van der Waals surface area contributed by atoms with Gasteiger partial charge in [0.25, 0.3) is 0 Å². The van der Waals surface area contributed by atoms with Crippen LogP contribution < -0.4 is 5.32 Å². The first kappa shape index (κ1) is 13.6. The van der Waals surface area contributed by atoms with Crippen LogP contribution in [0.3, 0.4) is 0 Å². The zero-order valence-corrected chi connectivity index (χ0v) is 13.0. The smallest absolute Gasteiger partial charge is 0.0901 e. The van der Waals surface area contributed by atoms with Gasteiger partial charge < -0.3 is 5.32 Å². The van der Waals surface area contributed by atoms with Crippen LogP contribution in [0.5, 0.6) is 0 Å². The summed E-state index contributed by atoms with van der Waals surface area (Å²) in [6, 6.07) is 9.31. The number of benzene rings is 1. The molecule has 0 spiro atoms. The Balaban J connectivity index is 1.72. The maximum absolute atomic E-state index is 4.57. The van der Waals surface area contributed by atoms with Crippen molar-refractivity contribution in [2.24, 2.45) is 5.92 Å². The van der Waals surface area contributed by atoms with E-state index in [1.165, 1.54) is 36.9 Å². The summed E-state index contributed by atoms with van der Waals surface area (Å²) in [5.74, 6) is 0.914. The summed E-state index contributed by atoms with van der Waals surface area (Å²) < 4.78 is 0. The van der Waals surface area contributed by atoms with Crippen LogP contribution in [0.4, 0.5) is 5.69 Å². The Kier molecular flexibility index (Phi) is 4.06. The number of anilines is 1. The van der Waals surface area contributed by atoms with E-state index in [-0.39, 0.29) is 0 Å². The normalized spacial score (nSPS) is 22.1. The van der Waals surface area contributed by atoms with E-state index in [0.717, 1.165) is 16.6 Å². The van der Waals surface area contributed by atoms with Crippen LogP contribution in [0.15, 0.2) is 29.6 Å². The summed E-state index contributed by atoms with van der Waals surface area (Å²) in [6.07, 6.45) is 5.31. The molecular formula is C17H22N2S. The highest BCUT2D eigenvalue weighted by Crippen LogP contribution is 2.31. The third-order valence-corrected chi connectivity index (χ3v) is 5.04. The largest absolute Gasteiger partial charge is 0.382 e. The molecule has 1 aliphatic rings. The summed E-state index contributed by atoms with van der Waals surface area (Å²) in [6.45, 7) is 4.36. The van der Waals surface area contributed by atoms with Gasteiger partial charge in [-0.1, -0.05) is 25.5 Å². The van der Waals surface area contributed by atoms with Crippen molar-refractivity contribution in [2.75, 3.05) is 5.32 Å². The lowest BCUT2D eigenvalue weighted by atomic mass is 10.1. The molecule has 2 unspecified atom stereocenters. The van der Waals surface area contributed by atoms with Crippen LogP contribution in [0.2, 0.25) is 0 Å². The summed E-state index contributed by atoms with van der Waals surface area (Å²) in [7, 11) is 0. The molecule has 2 atom stereocenters. The molecule has 1 saturated carbocycles. The third kappa shape index (κ3) is 3.04. The van der Waals surface area contributed by atoms with E-state index in [1.807, 2.05) is 0 Å². The molecule has 2 aromatic rings. The highest BCUT2D eigenvalue weighted by Gasteiger charge is 2.22. The van der Waals surface area contributed by atoms with E-state index < -0.39 is 0 Å². The first-order chi connectivity index (χ1) is 9.74. The van der Waals surface area contributed by atoms with E-state index in [0.29, 0.717) is 6.04 Å². The van der Waals surface area contributed by atoms with Gasteiger partial charge in [0.15, 0.2) is 0 Å². The second-order valence-corrected chi connectivity index (χ2v) is 6.82. The Hall–Kier alpha value is -1.35. The number of aryl methyl sites for hydroxylation is 1. The Bertz CT molecular complexity index is 576. The van der Waals surface area contributed by atoms with Crippen LogP contribution in [0.25, 0.3) is 11.3 Å². The Morgan fingerprint density at radius 2 is 2.25 bits per heavy atom. The lowest BCUT2D eigenvalue weighted by Gasteiger charge is -2.15. The van der Waals surface area contributed by atoms with E-state index in [1.54, 1.807) is 11.3 Å². The van der Waals surface area contributed by atoms with Gasteiger partial charge in [0.05, 0.1) is 10.7 Å². The Morgan fingerprint density at radius 1 is 1.35 bits per heavy atom. The number of nitrogens with zero attached hydrogens (tertiary/aromatic N) is 1. The number of aromatic nitrogens is 1. The van der Waals surface area contributed by atoms with Crippen LogP contribution in [0.1, 0.15) is 37.6 Å². The number of hydrogen-bond donors (Lipinski definition) is 1. The second-order valence-electron chi connectivity index (χ2n) is 5.76. The van der Waals surface area contributed by atoms with Gasteiger partial charge in [-0.25, -0.2) is 4.98 Å². The fraction of sp³-hybridized carbons (Fsp3) is 0.471. The molecule has 0 saturated heterocycles. The van der Waals surface area contributed by atoms with Crippen molar-refractivity contribution < 1.29 is 0 Å². The van der Waals surface area contributed by atoms with E-state index in [4.69, 9.17) is 0 Å². The zero-order chi connectivity index (χ0) is 13.9. The van der Waals surface area contributed by atoms with Gasteiger partial charge in [-0.3, -0.25) is 0 Å². The van der Waals surface area contributed by atoms with Gasteiger partial charge in [-0.2, -0.15) is 0 Å². The first-order valence-corrected chi connectivity index (χ1v) is 8.41. The SMILES string of the molecule is CCC1CCC(Nc2cccc(-c3csc(C)n3)c2)C1. The standard InChI is InChI=1S/C17H22N2S/c1-3-13-7-8-16(9-13)19-15-6-4-5-14(10-15)17-11-20-12(2)18-17/h4-6,10-11,13,16,19H,3,7-9H2,1-2H3. The van der Waals surface area contributed by atoms with Crippen molar-refractivity contribution in [3.05, 3.63) is 34.7 Å². The molecule has 1 fully saturated rings. The Labute approximate surface area is 125 Å². The second kappa shape index (κ2) is 5.96. The van der Waals surface area contributed by atoms with Crippen molar-refractivity contribution in [1.29, 1.82) is 0 Å². The molecule has 1 aromatic carbocycles. The van der Waals surface area contributed by atoms with Crippen molar-refractivity contribution in [3.8, 4) is 11.3 Å². The molecular weight excluding hydrogens is 264 g/mol. The fourth-order valence-corrected chi connectivity index (χ4v) is 3.70. The van der Waals surface area contributed by atoms with Crippen LogP contribution in [0, 0.1) is 12.8 Å². The molecule has 1 aromatic heterocycles. The fourth-order valence-electron chi connectivity index (χ4n) is 3.08. The monoisotopic (exact) mass is 286 g/mol. The molecule has 0 aliphatic heterocycles. The molecule has 3 rings (SSSR count). The number of nitrogens with one attached hydrogen (secondary N) is 1.